The summed E-state index contributed by atoms with van der Waals surface area (Å²) >= 11 is 0. The van der Waals surface area contributed by atoms with Crippen molar-refractivity contribution in [3.63, 3.8) is 0 Å². The number of hydrogen-bond acceptors (Lipinski definition) is 4. The van der Waals surface area contributed by atoms with Crippen molar-refractivity contribution in [1.29, 1.82) is 10.5 Å². The van der Waals surface area contributed by atoms with Crippen LogP contribution in [-0.2, 0) is 0 Å². The van der Waals surface area contributed by atoms with E-state index in [1.54, 1.807) is 7.11 Å². The fourth-order valence-electron chi connectivity index (χ4n) is 8.92. The summed E-state index contributed by atoms with van der Waals surface area (Å²) in [4.78, 5) is 0. The van der Waals surface area contributed by atoms with E-state index >= 15 is 0 Å². The minimum absolute atomic E-state index is 0.326. The summed E-state index contributed by atoms with van der Waals surface area (Å²) in [7, 11) is -3.89. The molecule has 0 bridgehead atoms. The number of benzene rings is 7. The fourth-order valence-corrected chi connectivity index (χ4v) is 17.9. The average Bonchev–Trinajstić information content (AvgIpc) is 3.34. The van der Waals surface area contributed by atoms with E-state index < -0.39 is 25.8 Å². The van der Waals surface area contributed by atoms with Gasteiger partial charge in [0.15, 0.2) is 11.3 Å². The summed E-state index contributed by atoms with van der Waals surface area (Å²) in [5, 5.41) is 30.2. The monoisotopic (exact) mass is 836 g/mol. The van der Waals surface area contributed by atoms with Gasteiger partial charge in [-0.15, -0.1) is 0 Å². The molecule has 0 spiro atoms. The molecule has 304 valence electrons. The van der Waals surface area contributed by atoms with Gasteiger partial charge in [-0.05, 0) is 97.3 Å². The van der Waals surface area contributed by atoms with Crippen LogP contribution >= 0.6 is 14.5 Å². The van der Waals surface area contributed by atoms with E-state index in [0.717, 1.165) is 68.6 Å². The zero-order valence-electron chi connectivity index (χ0n) is 35.3. The van der Waals surface area contributed by atoms with Crippen LogP contribution < -0.4 is 41.3 Å². The number of hydrogen-bond donors (Lipinski definition) is 0. The lowest BCUT2D eigenvalue weighted by molar-refractivity contribution is 0.231. The van der Waals surface area contributed by atoms with Crippen molar-refractivity contribution in [1.82, 2.24) is 0 Å². The first-order chi connectivity index (χ1) is 30.1. The van der Waals surface area contributed by atoms with Crippen molar-refractivity contribution in [3.05, 3.63) is 205 Å². The molecule has 0 aromatic heterocycles. The maximum absolute atomic E-state index is 11.9. The first kappa shape index (κ1) is 43.1. The largest absolute Gasteiger partial charge is 0.496 e. The molecule has 0 N–H and O–H groups in total. The highest BCUT2D eigenvalue weighted by molar-refractivity contribution is 7.96. The van der Waals surface area contributed by atoms with E-state index in [2.05, 4.69) is 178 Å². The summed E-state index contributed by atoms with van der Waals surface area (Å²) in [5.74, 6) is 1.51. The molecule has 0 aliphatic rings. The number of ether oxygens (including phenoxy) is 2. The van der Waals surface area contributed by atoms with Gasteiger partial charge in [0.2, 0.25) is 0 Å². The van der Waals surface area contributed by atoms with Crippen LogP contribution in [-0.4, -0.2) is 13.7 Å². The van der Waals surface area contributed by atoms with E-state index in [1.807, 2.05) is 42.5 Å². The first-order valence-electron chi connectivity index (χ1n) is 21.3. The molecule has 7 rings (SSSR count). The van der Waals surface area contributed by atoms with Crippen LogP contribution in [0.1, 0.15) is 62.0 Å². The smallest absolute Gasteiger partial charge is 0.197 e. The van der Waals surface area contributed by atoms with Gasteiger partial charge in [-0.1, -0.05) is 142 Å². The van der Waals surface area contributed by atoms with Crippen molar-refractivity contribution < 1.29 is 9.47 Å². The van der Waals surface area contributed by atoms with Crippen molar-refractivity contribution in [3.8, 4) is 23.6 Å². The van der Waals surface area contributed by atoms with Gasteiger partial charge in [0.05, 0.1) is 24.8 Å². The molecule has 0 aliphatic carbocycles. The Balaban J connectivity index is 1.56. The Bertz CT molecular complexity index is 2330. The summed E-state index contributed by atoms with van der Waals surface area (Å²) in [6.45, 7) is 4.94. The third kappa shape index (κ3) is 8.50. The lowest BCUT2D eigenvalue weighted by Crippen LogP contribution is -2.35. The highest BCUT2D eigenvalue weighted by atomic mass is 31.2. The van der Waals surface area contributed by atoms with Gasteiger partial charge in [0.25, 0.3) is 0 Å². The van der Waals surface area contributed by atoms with E-state index in [4.69, 9.17) is 9.47 Å². The standard InChI is InChI=1S/C55H54N2O2P2/c1-4-6-25-43(5-2)42-59-53-39-50(54(40-56)60(44-26-13-7-14-27-44,45-28-15-8-16-29-45)46-30-17-9-18-31-46)52(58-3)38-51(53)55(41-57)61(47-32-19-10-20-33-47,48-34-21-11-22-35-48)49-36-23-12-24-37-49/h7-24,26-39,43,54-55H,4-6,25,42H2,1-3H3/q+2. The molecule has 0 saturated carbocycles. The van der Waals surface area contributed by atoms with Crippen LogP contribution in [0.4, 0.5) is 0 Å². The van der Waals surface area contributed by atoms with Gasteiger partial charge in [0.1, 0.15) is 70.0 Å². The number of methoxy groups -OCH3 is 1. The predicted octanol–water partition coefficient (Wildman–Crippen LogP) is 11.4. The van der Waals surface area contributed by atoms with Crippen LogP contribution in [0.15, 0.2) is 194 Å². The van der Waals surface area contributed by atoms with Crippen LogP contribution in [0.2, 0.25) is 0 Å². The molecule has 3 atom stereocenters. The Morgan fingerprint density at radius 2 is 0.787 bits per heavy atom. The SMILES string of the molecule is CCCCC(CC)COc1cc(C(C#N)[P+](c2ccccc2)(c2ccccc2)c2ccccc2)c(OC)cc1C(C#N)[P+](c1ccccc1)(c1ccccc1)c1ccccc1. The maximum Gasteiger partial charge on any atom is 0.197 e. The third-order valence-corrected chi connectivity index (χ3v) is 21.0. The normalized spacial score (nSPS) is 12.9. The highest BCUT2D eigenvalue weighted by Crippen LogP contribution is 2.70. The molecule has 7 aromatic rings. The number of nitrogens with zero attached hydrogens (tertiary/aromatic N) is 2. The topological polar surface area (TPSA) is 66.0 Å². The van der Waals surface area contributed by atoms with E-state index in [9.17, 15) is 10.5 Å². The number of unbranched alkanes of at least 4 members (excludes halogenated alkanes) is 1. The highest BCUT2D eigenvalue weighted by Gasteiger charge is 2.57. The van der Waals surface area contributed by atoms with Crippen LogP contribution in [0.5, 0.6) is 11.5 Å². The lowest BCUT2D eigenvalue weighted by atomic mass is 10.00. The van der Waals surface area contributed by atoms with Crippen LogP contribution in [0.3, 0.4) is 0 Å². The second-order valence-electron chi connectivity index (χ2n) is 15.4. The molecular weight excluding hydrogens is 783 g/mol. The quantitative estimate of drug-likeness (QED) is 0.0808. The summed E-state index contributed by atoms with van der Waals surface area (Å²) in [6.07, 6.45) is 4.24. The Kier molecular flexibility index (Phi) is 14.5. The molecule has 6 heteroatoms. The first-order valence-corrected chi connectivity index (χ1v) is 25.0. The van der Waals surface area contributed by atoms with Gasteiger partial charge < -0.3 is 9.47 Å². The van der Waals surface area contributed by atoms with E-state index in [-0.39, 0.29) is 0 Å². The lowest BCUT2D eigenvalue weighted by Gasteiger charge is -2.34. The minimum atomic E-state index is -2.79. The molecule has 0 aliphatic heterocycles. The molecule has 0 saturated heterocycles. The van der Waals surface area contributed by atoms with E-state index in [1.165, 1.54) is 0 Å². The van der Waals surface area contributed by atoms with E-state index in [0.29, 0.717) is 24.0 Å². The van der Waals surface area contributed by atoms with Gasteiger partial charge in [-0.25, -0.2) is 0 Å². The molecule has 0 fully saturated rings. The summed E-state index contributed by atoms with van der Waals surface area (Å²) in [5.41, 5.74) is 0.157. The van der Waals surface area contributed by atoms with Crippen molar-refractivity contribution in [2.75, 3.05) is 13.7 Å². The minimum Gasteiger partial charge on any atom is -0.496 e. The number of nitriles is 2. The second kappa shape index (κ2) is 20.5. The summed E-state index contributed by atoms with van der Waals surface area (Å²) < 4.78 is 13.6. The molecule has 7 aromatic carbocycles. The number of rotatable bonds is 18. The molecule has 3 unspecified atom stereocenters. The van der Waals surface area contributed by atoms with Crippen molar-refractivity contribution >= 4 is 46.4 Å². The molecule has 0 heterocycles. The predicted molar refractivity (Wildman–Crippen MR) is 259 cm³/mol. The van der Waals surface area contributed by atoms with Crippen molar-refractivity contribution in [2.45, 2.75) is 50.8 Å². The van der Waals surface area contributed by atoms with Gasteiger partial charge in [-0.2, -0.15) is 10.5 Å². The zero-order chi connectivity index (χ0) is 42.5. The fraction of sp³-hybridized carbons (Fsp3) is 0.200. The van der Waals surface area contributed by atoms with Gasteiger partial charge in [-0.3, -0.25) is 0 Å². The van der Waals surface area contributed by atoms with Gasteiger partial charge in [0, 0.05) is 0 Å². The molecule has 61 heavy (non-hydrogen) atoms. The Labute approximate surface area is 364 Å². The molecule has 0 amide bonds. The van der Waals surface area contributed by atoms with Crippen LogP contribution in [0.25, 0.3) is 0 Å². The van der Waals surface area contributed by atoms with Gasteiger partial charge >= 0.3 is 0 Å². The second-order valence-corrected chi connectivity index (χ2v) is 22.4. The van der Waals surface area contributed by atoms with Crippen molar-refractivity contribution in [2.24, 2.45) is 5.92 Å². The zero-order valence-corrected chi connectivity index (χ0v) is 37.1. The Hall–Kier alpha value is -6.02. The summed E-state index contributed by atoms with van der Waals surface area (Å²) in [6, 6.07) is 73.0. The average molecular weight is 837 g/mol. The maximum atomic E-state index is 11.9. The molecule has 0 radical (unpaired) electrons. The van der Waals surface area contributed by atoms with Crippen LogP contribution in [0, 0.1) is 28.6 Å². The molecular formula is C55H54N2O2P2+2. The Morgan fingerprint density at radius 1 is 0.475 bits per heavy atom. The Morgan fingerprint density at radius 3 is 1.07 bits per heavy atom. The molecule has 4 nitrogen and oxygen atoms in total. The third-order valence-electron chi connectivity index (χ3n) is 12.0.